The maximum atomic E-state index is 11.9. The number of nitrogens with one attached hydrogen (secondary N) is 1. The van der Waals surface area contributed by atoms with Gasteiger partial charge in [0.05, 0.1) is 4.88 Å². The standard InChI is InChI=1S/C12H18BrNOS/c1-4-10-5-6-11(16-10)12(15)14-9(3)8(2)7-13/h5-6,8-9H,4,7H2,1-3H3,(H,14,15). The maximum absolute atomic E-state index is 11.9. The number of halogens is 1. The Morgan fingerprint density at radius 3 is 2.69 bits per heavy atom. The first-order valence-corrected chi connectivity index (χ1v) is 7.47. The van der Waals surface area contributed by atoms with Crippen LogP contribution in [0.5, 0.6) is 0 Å². The summed E-state index contributed by atoms with van der Waals surface area (Å²) in [4.78, 5) is 14.0. The summed E-state index contributed by atoms with van der Waals surface area (Å²) < 4.78 is 0. The van der Waals surface area contributed by atoms with Crippen molar-refractivity contribution in [3.8, 4) is 0 Å². The third kappa shape index (κ3) is 3.59. The number of carbonyl (C=O) groups excluding carboxylic acids is 1. The molecule has 90 valence electrons. The minimum Gasteiger partial charge on any atom is -0.349 e. The Hall–Kier alpha value is -0.350. The van der Waals surface area contributed by atoms with Crippen LogP contribution >= 0.6 is 27.3 Å². The summed E-state index contributed by atoms with van der Waals surface area (Å²) in [5, 5.41) is 3.93. The summed E-state index contributed by atoms with van der Waals surface area (Å²) >= 11 is 5.01. The first kappa shape index (κ1) is 13.7. The average molecular weight is 304 g/mol. The number of carbonyl (C=O) groups is 1. The zero-order valence-electron chi connectivity index (χ0n) is 9.92. The van der Waals surface area contributed by atoms with E-state index in [9.17, 15) is 4.79 Å². The van der Waals surface area contributed by atoms with Crippen molar-refractivity contribution in [3.63, 3.8) is 0 Å². The highest BCUT2D eigenvalue weighted by atomic mass is 79.9. The molecule has 0 spiro atoms. The van der Waals surface area contributed by atoms with Gasteiger partial charge in [-0.1, -0.05) is 29.8 Å². The van der Waals surface area contributed by atoms with Gasteiger partial charge in [-0.05, 0) is 31.4 Å². The zero-order chi connectivity index (χ0) is 12.1. The van der Waals surface area contributed by atoms with Crippen LogP contribution in [0, 0.1) is 5.92 Å². The third-order valence-corrected chi connectivity index (χ3v) is 4.94. The molecule has 2 unspecified atom stereocenters. The van der Waals surface area contributed by atoms with Crippen LogP contribution < -0.4 is 5.32 Å². The van der Waals surface area contributed by atoms with Crippen molar-refractivity contribution >= 4 is 33.2 Å². The van der Waals surface area contributed by atoms with Crippen molar-refractivity contribution in [2.24, 2.45) is 5.92 Å². The van der Waals surface area contributed by atoms with E-state index in [1.165, 1.54) is 4.88 Å². The monoisotopic (exact) mass is 303 g/mol. The normalized spacial score (nSPS) is 14.5. The van der Waals surface area contributed by atoms with Crippen molar-refractivity contribution < 1.29 is 4.79 Å². The predicted molar refractivity (Wildman–Crippen MR) is 73.6 cm³/mol. The fourth-order valence-corrected chi connectivity index (χ4v) is 2.66. The molecule has 0 saturated heterocycles. The van der Waals surface area contributed by atoms with Crippen molar-refractivity contribution in [1.29, 1.82) is 0 Å². The Morgan fingerprint density at radius 2 is 2.19 bits per heavy atom. The molecule has 1 aromatic heterocycles. The van der Waals surface area contributed by atoms with Crippen molar-refractivity contribution in [1.82, 2.24) is 5.32 Å². The smallest absolute Gasteiger partial charge is 0.261 e. The van der Waals surface area contributed by atoms with Crippen LogP contribution in [0.2, 0.25) is 0 Å². The molecule has 0 bridgehead atoms. The lowest BCUT2D eigenvalue weighted by atomic mass is 10.1. The van der Waals surface area contributed by atoms with E-state index in [-0.39, 0.29) is 11.9 Å². The lowest BCUT2D eigenvalue weighted by Gasteiger charge is -2.18. The second kappa shape index (κ2) is 6.40. The second-order valence-corrected chi connectivity index (χ2v) is 5.83. The largest absolute Gasteiger partial charge is 0.349 e. The summed E-state index contributed by atoms with van der Waals surface area (Å²) in [6, 6.07) is 4.13. The summed E-state index contributed by atoms with van der Waals surface area (Å²) in [6.07, 6.45) is 0.991. The van der Waals surface area contributed by atoms with Gasteiger partial charge in [0.1, 0.15) is 0 Å². The van der Waals surface area contributed by atoms with Crippen LogP contribution in [0.4, 0.5) is 0 Å². The van der Waals surface area contributed by atoms with E-state index in [0.717, 1.165) is 16.6 Å². The topological polar surface area (TPSA) is 29.1 Å². The Kier molecular flexibility index (Phi) is 5.49. The molecule has 2 atom stereocenters. The molecular formula is C12H18BrNOS. The Bertz CT molecular complexity index is 351. The molecule has 16 heavy (non-hydrogen) atoms. The molecule has 0 saturated carbocycles. The number of hydrogen-bond donors (Lipinski definition) is 1. The van der Waals surface area contributed by atoms with Gasteiger partial charge in [0.2, 0.25) is 0 Å². The molecule has 2 nitrogen and oxygen atoms in total. The van der Waals surface area contributed by atoms with Crippen molar-refractivity contribution in [2.45, 2.75) is 33.2 Å². The van der Waals surface area contributed by atoms with Gasteiger partial charge in [0.15, 0.2) is 0 Å². The molecule has 0 aliphatic heterocycles. The maximum Gasteiger partial charge on any atom is 0.261 e. The first-order chi connectivity index (χ1) is 7.58. The first-order valence-electron chi connectivity index (χ1n) is 5.54. The highest BCUT2D eigenvalue weighted by molar-refractivity contribution is 9.09. The predicted octanol–water partition coefficient (Wildman–Crippen LogP) is 3.46. The fraction of sp³-hybridized carbons (Fsp3) is 0.583. The minimum atomic E-state index is 0.0463. The zero-order valence-corrected chi connectivity index (χ0v) is 12.3. The van der Waals surface area contributed by atoms with Crippen LogP contribution in [-0.2, 0) is 6.42 Å². The van der Waals surface area contributed by atoms with E-state index in [1.54, 1.807) is 11.3 Å². The van der Waals surface area contributed by atoms with Gasteiger partial charge >= 0.3 is 0 Å². The van der Waals surface area contributed by atoms with Gasteiger partial charge in [-0.2, -0.15) is 0 Å². The molecular weight excluding hydrogens is 286 g/mol. The van der Waals surface area contributed by atoms with Crippen LogP contribution in [0.3, 0.4) is 0 Å². The molecule has 0 aromatic carbocycles. The molecule has 1 rings (SSSR count). The lowest BCUT2D eigenvalue weighted by molar-refractivity contribution is 0.0935. The quantitative estimate of drug-likeness (QED) is 0.829. The summed E-state index contributed by atoms with van der Waals surface area (Å²) in [5.74, 6) is 0.486. The molecule has 1 aromatic rings. The Labute approximate surface area is 110 Å². The second-order valence-electron chi connectivity index (χ2n) is 4.01. The molecule has 0 aliphatic rings. The molecule has 1 heterocycles. The summed E-state index contributed by atoms with van der Waals surface area (Å²) in [7, 11) is 0. The molecule has 0 fully saturated rings. The molecule has 1 N–H and O–H groups in total. The van der Waals surface area contributed by atoms with E-state index in [4.69, 9.17) is 0 Å². The Balaban J connectivity index is 2.58. The van der Waals surface area contributed by atoms with Gasteiger partial charge in [-0.3, -0.25) is 4.79 Å². The van der Waals surface area contributed by atoms with Crippen molar-refractivity contribution in [2.75, 3.05) is 5.33 Å². The fourth-order valence-electron chi connectivity index (χ4n) is 1.24. The number of amides is 1. The molecule has 0 radical (unpaired) electrons. The van der Waals surface area contributed by atoms with Crippen LogP contribution in [0.1, 0.15) is 35.3 Å². The SMILES string of the molecule is CCc1ccc(C(=O)NC(C)C(C)CBr)s1. The van der Waals surface area contributed by atoms with Gasteiger partial charge in [0, 0.05) is 16.2 Å². The molecule has 0 aliphatic carbocycles. The van der Waals surface area contributed by atoms with Gasteiger partial charge in [-0.15, -0.1) is 11.3 Å². The van der Waals surface area contributed by atoms with Crippen LogP contribution in [0.25, 0.3) is 0 Å². The van der Waals surface area contributed by atoms with Crippen molar-refractivity contribution in [3.05, 3.63) is 21.9 Å². The lowest BCUT2D eigenvalue weighted by Crippen LogP contribution is -2.37. The third-order valence-electron chi connectivity index (χ3n) is 2.69. The van der Waals surface area contributed by atoms with E-state index >= 15 is 0 Å². The number of aryl methyl sites for hydroxylation is 1. The molecule has 4 heteroatoms. The van der Waals surface area contributed by atoms with E-state index in [0.29, 0.717) is 5.92 Å². The average Bonchev–Trinajstić information content (AvgIpc) is 2.76. The number of thiophene rings is 1. The van der Waals surface area contributed by atoms with E-state index in [1.807, 2.05) is 19.1 Å². The van der Waals surface area contributed by atoms with E-state index in [2.05, 4.69) is 35.1 Å². The summed E-state index contributed by atoms with van der Waals surface area (Å²) in [5.41, 5.74) is 0. The van der Waals surface area contributed by atoms with Gasteiger partial charge in [-0.25, -0.2) is 0 Å². The van der Waals surface area contributed by atoms with Crippen LogP contribution in [0.15, 0.2) is 12.1 Å². The van der Waals surface area contributed by atoms with E-state index < -0.39 is 0 Å². The molecule has 1 amide bonds. The number of rotatable bonds is 5. The van der Waals surface area contributed by atoms with Crippen LogP contribution in [-0.4, -0.2) is 17.3 Å². The van der Waals surface area contributed by atoms with Gasteiger partial charge in [0.25, 0.3) is 5.91 Å². The minimum absolute atomic E-state index is 0.0463. The Morgan fingerprint density at radius 1 is 1.50 bits per heavy atom. The number of alkyl halides is 1. The number of hydrogen-bond acceptors (Lipinski definition) is 2. The summed E-state index contributed by atoms with van der Waals surface area (Å²) in [6.45, 7) is 6.26. The highest BCUT2D eigenvalue weighted by Gasteiger charge is 2.15. The highest BCUT2D eigenvalue weighted by Crippen LogP contribution is 2.17. The van der Waals surface area contributed by atoms with Gasteiger partial charge < -0.3 is 5.32 Å².